The fourth-order valence-electron chi connectivity index (χ4n) is 3.21. The van der Waals surface area contributed by atoms with Crippen molar-refractivity contribution in [3.05, 3.63) is 77.2 Å². The number of carbonyl (C=O) groups excluding carboxylic acids is 2. The second-order valence-corrected chi connectivity index (χ2v) is 9.65. The van der Waals surface area contributed by atoms with E-state index in [-0.39, 0.29) is 30.5 Å². The van der Waals surface area contributed by atoms with Crippen LogP contribution in [0.3, 0.4) is 0 Å². The zero-order valence-corrected chi connectivity index (χ0v) is 18.7. The van der Waals surface area contributed by atoms with Gasteiger partial charge in [0.2, 0.25) is 6.79 Å². The highest BCUT2D eigenvalue weighted by Crippen LogP contribution is 2.32. The average molecular weight is 491 g/mol. The lowest BCUT2D eigenvalue weighted by atomic mass is 10.2. The highest BCUT2D eigenvalue weighted by Gasteiger charge is 2.32. The van der Waals surface area contributed by atoms with E-state index >= 15 is 0 Å². The van der Waals surface area contributed by atoms with Crippen LogP contribution in [0.4, 0.5) is 0 Å². The van der Waals surface area contributed by atoms with Crippen molar-refractivity contribution < 1.29 is 31.9 Å². The predicted octanol–water partition coefficient (Wildman–Crippen LogP) is 2.61. The Kier molecular flexibility index (Phi) is 6.57. The molecule has 0 aliphatic carbocycles. The predicted molar refractivity (Wildman–Crippen MR) is 118 cm³/mol. The summed E-state index contributed by atoms with van der Waals surface area (Å²) < 4.78 is 42.1. The molecule has 11 heteroatoms. The second kappa shape index (κ2) is 9.55. The summed E-state index contributed by atoms with van der Waals surface area (Å²) in [5.74, 6) is -0.590. The average Bonchev–Trinajstić information content (AvgIpc) is 3.49. The van der Waals surface area contributed by atoms with Crippen LogP contribution in [0.5, 0.6) is 11.5 Å². The van der Waals surface area contributed by atoms with Gasteiger partial charge in [0, 0.05) is 18.1 Å². The van der Waals surface area contributed by atoms with Crippen LogP contribution < -0.4 is 20.1 Å². The van der Waals surface area contributed by atoms with Crippen molar-refractivity contribution in [2.24, 2.45) is 0 Å². The van der Waals surface area contributed by atoms with Crippen molar-refractivity contribution >= 4 is 33.3 Å². The molecule has 0 bridgehead atoms. The molecule has 0 saturated carbocycles. The normalized spacial score (nSPS) is 13.4. The molecule has 0 fully saturated rings. The van der Waals surface area contributed by atoms with Crippen LogP contribution in [0.25, 0.3) is 0 Å². The van der Waals surface area contributed by atoms with Gasteiger partial charge in [-0.25, -0.2) is 8.42 Å². The Hall–Kier alpha value is -3.50. The van der Waals surface area contributed by atoms with Gasteiger partial charge in [0.05, 0.1) is 11.2 Å². The molecule has 2 amide bonds. The van der Waals surface area contributed by atoms with Crippen LogP contribution in [0.1, 0.15) is 16.6 Å². The minimum absolute atomic E-state index is 0.00908. The van der Waals surface area contributed by atoms with E-state index in [4.69, 9.17) is 25.5 Å². The summed E-state index contributed by atoms with van der Waals surface area (Å²) in [6, 6.07) is 13.8. The lowest BCUT2D eigenvalue weighted by Gasteiger charge is -2.16. The number of sulfone groups is 1. The minimum atomic E-state index is -3.95. The number of ether oxygens (including phenoxy) is 2. The Morgan fingerprint density at radius 3 is 2.42 bits per heavy atom. The van der Waals surface area contributed by atoms with Crippen molar-refractivity contribution in [2.75, 3.05) is 13.3 Å². The van der Waals surface area contributed by atoms with Gasteiger partial charge in [0.25, 0.3) is 0 Å². The number of rotatable bonds is 7. The molecule has 1 aromatic heterocycles. The summed E-state index contributed by atoms with van der Waals surface area (Å²) >= 11 is 5.85. The monoisotopic (exact) mass is 490 g/mol. The van der Waals surface area contributed by atoms with Crippen molar-refractivity contribution in [2.45, 2.75) is 16.7 Å². The van der Waals surface area contributed by atoms with Gasteiger partial charge in [-0.1, -0.05) is 17.7 Å². The van der Waals surface area contributed by atoms with E-state index in [0.717, 1.165) is 0 Å². The van der Waals surface area contributed by atoms with Gasteiger partial charge in [0.15, 0.2) is 21.3 Å². The van der Waals surface area contributed by atoms with Crippen LogP contribution in [0, 0.1) is 0 Å². The van der Waals surface area contributed by atoms with E-state index in [0.29, 0.717) is 22.1 Å². The van der Waals surface area contributed by atoms with Gasteiger partial charge in [-0.05, 0) is 54.1 Å². The Morgan fingerprint density at radius 2 is 1.70 bits per heavy atom. The van der Waals surface area contributed by atoms with Gasteiger partial charge in [-0.2, -0.15) is 0 Å². The van der Waals surface area contributed by atoms with E-state index in [2.05, 4.69) is 10.6 Å². The first kappa shape index (κ1) is 22.7. The first-order valence-corrected chi connectivity index (χ1v) is 11.7. The lowest BCUT2D eigenvalue weighted by molar-refractivity contribution is -0.139. The standard InChI is InChI=1S/C22H19ClN2O7S/c23-15-4-6-16(7-5-15)33(28,29)20(18-2-1-9-30-18)12-25-22(27)21(26)24-11-14-3-8-17-19(10-14)32-13-31-17/h1-10,20H,11-13H2,(H,24,26)(H,25,27)/t20-/m1/s1. The molecule has 2 aromatic carbocycles. The molecule has 3 aromatic rings. The summed E-state index contributed by atoms with van der Waals surface area (Å²) in [5, 5.41) is 4.01. The number of furan rings is 1. The number of halogens is 1. The number of amides is 2. The third-order valence-electron chi connectivity index (χ3n) is 4.92. The SMILES string of the molecule is O=C(NCc1ccc2c(c1)OCO2)C(=O)NC[C@H](c1ccco1)S(=O)(=O)c1ccc(Cl)cc1. The maximum absolute atomic E-state index is 13.2. The van der Waals surface area contributed by atoms with E-state index in [1.54, 1.807) is 24.3 Å². The molecule has 1 atom stereocenters. The summed E-state index contributed by atoms with van der Waals surface area (Å²) in [5.41, 5.74) is 0.708. The summed E-state index contributed by atoms with van der Waals surface area (Å²) in [6.45, 7) is -0.161. The van der Waals surface area contributed by atoms with E-state index < -0.39 is 26.9 Å². The smallest absolute Gasteiger partial charge is 0.309 e. The molecule has 0 spiro atoms. The Balaban J connectivity index is 1.40. The lowest BCUT2D eigenvalue weighted by Crippen LogP contribution is -2.42. The molecule has 0 radical (unpaired) electrons. The number of carbonyl (C=O) groups is 2. The van der Waals surface area contributed by atoms with Crippen LogP contribution >= 0.6 is 11.6 Å². The summed E-state index contributed by atoms with van der Waals surface area (Å²) in [4.78, 5) is 24.6. The Morgan fingerprint density at radius 1 is 0.970 bits per heavy atom. The topological polar surface area (TPSA) is 124 Å². The van der Waals surface area contributed by atoms with E-state index in [1.807, 2.05) is 0 Å². The van der Waals surface area contributed by atoms with Crippen molar-refractivity contribution in [3.63, 3.8) is 0 Å². The first-order chi connectivity index (χ1) is 15.8. The van der Waals surface area contributed by atoms with Crippen LogP contribution in [0.15, 0.2) is 70.2 Å². The third kappa shape index (κ3) is 5.12. The number of hydrogen-bond acceptors (Lipinski definition) is 7. The highest BCUT2D eigenvalue weighted by atomic mass is 35.5. The van der Waals surface area contributed by atoms with Gasteiger partial charge < -0.3 is 24.5 Å². The fourth-order valence-corrected chi connectivity index (χ4v) is 4.92. The van der Waals surface area contributed by atoms with Gasteiger partial charge in [0.1, 0.15) is 11.0 Å². The maximum Gasteiger partial charge on any atom is 0.309 e. The van der Waals surface area contributed by atoms with E-state index in [1.165, 1.54) is 36.6 Å². The molecule has 4 rings (SSSR count). The van der Waals surface area contributed by atoms with E-state index in [9.17, 15) is 18.0 Å². The van der Waals surface area contributed by atoms with Crippen LogP contribution in [-0.2, 0) is 26.0 Å². The maximum atomic E-state index is 13.2. The second-order valence-electron chi connectivity index (χ2n) is 7.08. The number of nitrogens with one attached hydrogen (secondary N) is 2. The molecule has 0 saturated heterocycles. The first-order valence-electron chi connectivity index (χ1n) is 9.82. The zero-order valence-electron chi connectivity index (χ0n) is 17.1. The third-order valence-corrected chi connectivity index (χ3v) is 7.25. The molecule has 2 heterocycles. The molecule has 2 N–H and O–H groups in total. The fraction of sp³-hybridized carbons (Fsp3) is 0.182. The van der Waals surface area contributed by atoms with Gasteiger partial charge in [-0.3, -0.25) is 9.59 Å². The minimum Gasteiger partial charge on any atom is -0.468 e. The zero-order chi connectivity index (χ0) is 23.4. The summed E-state index contributed by atoms with van der Waals surface area (Å²) in [7, 11) is -3.95. The van der Waals surface area contributed by atoms with Crippen molar-refractivity contribution in [1.29, 1.82) is 0 Å². The Bertz CT molecular complexity index is 1260. The highest BCUT2D eigenvalue weighted by molar-refractivity contribution is 7.91. The summed E-state index contributed by atoms with van der Waals surface area (Å²) in [6.07, 6.45) is 1.33. The van der Waals surface area contributed by atoms with Crippen LogP contribution in [-0.4, -0.2) is 33.6 Å². The number of hydrogen-bond donors (Lipinski definition) is 2. The molecule has 172 valence electrons. The molecule has 1 aliphatic heterocycles. The molecule has 33 heavy (non-hydrogen) atoms. The van der Waals surface area contributed by atoms with Crippen LogP contribution in [0.2, 0.25) is 5.02 Å². The van der Waals surface area contributed by atoms with Crippen molar-refractivity contribution in [3.8, 4) is 11.5 Å². The van der Waals surface area contributed by atoms with Gasteiger partial charge >= 0.3 is 11.8 Å². The molecule has 1 aliphatic rings. The Labute approximate surface area is 194 Å². The molecule has 9 nitrogen and oxygen atoms in total. The molecular weight excluding hydrogens is 472 g/mol. The largest absolute Gasteiger partial charge is 0.468 e. The van der Waals surface area contributed by atoms with Crippen molar-refractivity contribution in [1.82, 2.24) is 10.6 Å². The quantitative estimate of drug-likeness (QED) is 0.488. The molecular formula is C22H19ClN2O7S. The number of benzene rings is 2. The van der Waals surface area contributed by atoms with Gasteiger partial charge in [-0.15, -0.1) is 0 Å². The number of fused-ring (bicyclic) bond motifs is 1. The molecule has 0 unspecified atom stereocenters.